The van der Waals surface area contributed by atoms with Gasteiger partial charge < -0.3 is 92.0 Å². The summed E-state index contributed by atoms with van der Waals surface area (Å²) < 4.78 is 29.8. The van der Waals surface area contributed by atoms with Gasteiger partial charge in [-0.1, -0.05) is 13.8 Å². The van der Waals surface area contributed by atoms with Crippen LogP contribution in [-0.2, 0) is 66.8 Å². The standard InChI is InChI=1S/C39H63N7O20/c1-14(2)25(34(55)45-21(37(60)61)10-11-24(50)44-20(9-7-8-19(40)36(58)59)33(54)41-15(3)35(56)57)46-32(53)16(4)63-31-27(43-18(6)49)38-62-13-23(65-38)30(31)66-39-26(42-17(5)48)29(52)28(51)22(12-47)64-39/h14-16,19-23,25-31,38-39,47,51-52H,7-13,40H2,1-6H3,(H,41,54)(H,42,48)(H,43,49)(H,44,50)(H,45,55)(H,46,53)(H,56,57)(H,58,59)(H,60,61)/t15-,16-,19-,20+,21-,22-,23-,25+,26-,27-,28-,29-,30-,31-,38-,39+/m1/s1. The Balaban J connectivity index is 1.75. The lowest BCUT2D eigenvalue weighted by atomic mass is 9.95. The molecule has 3 aliphatic heterocycles. The molecule has 0 unspecified atom stereocenters. The number of carbonyl (C=O) groups is 9. The van der Waals surface area contributed by atoms with E-state index in [-0.39, 0.29) is 25.9 Å². The summed E-state index contributed by atoms with van der Waals surface area (Å²) in [6, 6.07) is -9.63. The highest BCUT2D eigenvalue weighted by molar-refractivity contribution is 5.92. The van der Waals surface area contributed by atoms with Gasteiger partial charge in [-0.25, -0.2) is 4.79 Å². The number of nitrogens with one attached hydrogen (secondary N) is 6. The van der Waals surface area contributed by atoms with Crippen molar-refractivity contribution in [2.45, 2.75) is 171 Å². The van der Waals surface area contributed by atoms with Gasteiger partial charge in [0.15, 0.2) is 12.6 Å². The topological polar surface area (TPSA) is 419 Å². The Morgan fingerprint density at radius 3 is 1.91 bits per heavy atom. The Labute approximate surface area is 378 Å². The molecule has 374 valence electrons. The van der Waals surface area contributed by atoms with Crippen molar-refractivity contribution in [1.82, 2.24) is 31.9 Å². The van der Waals surface area contributed by atoms with E-state index in [2.05, 4.69) is 31.9 Å². The van der Waals surface area contributed by atoms with Crippen LogP contribution in [0.25, 0.3) is 0 Å². The van der Waals surface area contributed by atoms with Gasteiger partial charge in [-0.2, -0.15) is 0 Å². The zero-order valence-electron chi connectivity index (χ0n) is 37.2. The highest BCUT2D eigenvalue weighted by Gasteiger charge is 2.56. The van der Waals surface area contributed by atoms with Crippen LogP contribution in [0, 0.1) is 5.92 Å². The van der Waals surface area contributed by atoms with Crippen LogP contribution in [0.15, 0.2) is 0 Å². The first-order chi connectivity index (χ1) is 30.9. The van der Waals surface area contributed by atoms with Crippen molar-refractivity contribution in [2.75, 3.05) is 13.2 Å². The fourth-order valence-corrected chi connectivity index (χ4v) is 7.30. The molecule has 2 bridgehead atoms. The number of carboxylic acids is 3. The number of hydrogen-bond donors (Lipinski definition) is 13. The molecule has 27 nitrogen and oxygen atoms in total. The van der Waals surface area contributed by atoms with E-state index < -0.39 is 176 Å². The summed E-state index contributed by atoms with van der Waals surface area (Å²) in [5, 5.41) is 73.9. The normalized spacial score (nSPS) is 28.6. The number of aliphatic hydroxyl groups excluding tert-OH is 3. The second-order valence-corrected chi connectivity index (χ2v) is 16.6. The number of aliphatic carboxylic acids is 3. The van der Waals surface area contributed by atoms with Crippen LogP contribution in [0.4, 0.5) is 0 Å². The van der Waals surface area contributed by atoms with Crippen molar-refractivity contribution in [1.29, 1.82) is 0 Å². The summed E-state index contributed by atoms with van der Waals surface area (Å²) in [6.07, 6.45) is -13.7. The SMILES string of the molecule is CC(=O)N[C@H]1[C@H](O[C@H]2[C@H](O[C@H](C)C(=O)N[C@H](C(=O)N[C@H](CCC(=O)N[C@@H](CCC[C@@H](N)C(=O)O)C(=O)N[C@H](C)C(=O)O)C(=O)O)C(C)C)[C@@H](NC(C)=O)[C@@H]3OC[C@H]2O3)O[C@H](CO)[C@@H](O)[C@@H]1O. The maximum atomic E-state index is 13.8. The molecule has 6 amide bonds. The van der Waals surface area contributed by atoms with E-state index in [1.807, 2.05) is 0 Å². The van der Waals surface area contributed by atoms with Crippen LogP contribution in [0.5, 0.6) is 0 Å². The summed E-state index contributed by atoms with van der Waals surface area (Å²) in [7, 11) is 0. The molecule has 3 heterocycles. The Morgan fingerprint density at radius 1 is 0.712 bits per heavy atom. The van der Waals surface area contributed by atoms with Crippen LogP contribution in [0.2, 0.25) is 0 Å². The van der Waals surface area contributed by atoms with Gasteiger partial charge in [0.1, 0.15) is 85.0 Å². The zero-order chi connectivity index (χ0) is 49.7. The van der Waals surface area contributed by atoms with Gasteiger partial charge in [-0.15, -0.1) is 0 Å². The van der Waals surface area contributed by atoms with Crippen LogP contribution in [0.3, 0.4) is 0 Å². The molecule has 27 heteroatoms. The minimum absolute atomic E-state index is 0.0280. The van der Waals surface area contributed by atoms with Crippen molar-refractivity contribution in [2.24, 2.45) is 11.7 Å². The molecule has 0 aliphatic carbocycles. The molecule has 0 radical (unpaired) electrons. The molecule has 3 saturated heterocycles. The average Bonchev–Trinajstić information content (AvgIpc) is 3.68. The van der Waals surface area contributed by atoms with Crippen LogP contribution in [-0.4, -0.2) is 195 Å². The first kappa shape index (κ1) is 55.2. The summed E-state index contributed by atoms with van der Waals surface area (Å²) in [6.45, 7) is 7.03. The minimum Gasteiger partial charge on any atom is -0.480 e. The average molecular weight is 950 g/mol. The van der Waals surface area contributed by atoms with E-state index in [9.17, 15) is 68.7 Å². The van der Waals surface area contributed by atoms with Crippen LogP contribution < -0.4 is 37.6 Å². The number of carboxylic acid groups (broad SMARTS) is 3. The fourth-order valence-electron chi connectivity index (χ4n) is 7.30. The van der Waals surface area contributed by atoms with E-state index in [1.54, 1.807) is 13.8 Å². The monoisotopic (exact) mass is 949 g/mol. The van der Waals surface area contributed by atoms with Crippen molar-refractivity contribution in [3.63, 3.8) is 0 Å². The third-order valence-electron chi connectivity index (χ3n) is 10.9. The number of ether oxygens (including phenoxy) is 5. The molecule has 0 aromatic rings. The molecule has 0 spiro atoms. The first-order valence-corrected chi connectivity index (χ1v) is 21.3. The van der Waals surface area contributed by atoms with Gasteiger partial charge in [-0.3, -0.25) is 38.4 Å². The maximum absolute atomic E-state index is 13.8. The zero-order valence-corrected chi connectivity index (χ0v) is 37.2. The molecule has 3 aliphatic rings. The number of aliphatic hydroxyl groups is 3. The van der Waals surface area contributed by atoms with E-state index in [4.69, 9.17) is 34.5 Å². The van der Waals surface area contributed by atoms with Crippen LogP contribution in [0.1, 0.15) is 73.6 Å². The fraction of sp³-hybridized carbons (Fsp3) is 0.769. The molecule has 66 heavy (non-hydrogen) atoms. The Morgan fingerprint density at radius 2 is 1.35 bits per heavy atom. The van der Waals surface area contributed by atoms with E-state index in [0.717, 1.165) is 6.92 Å². The number of hydrogen-bond acceptors (Lipinski definition) is 18. The first-order valence-electron chi connectivity index (χ1n) is 21.3. The lowest BCUT2D eigenvalue weighted by Gasteiger charge is -2.47. The summed E-state index contributed by atoms with van der Waals surface area (Å²) >= 11 is 0. The molecule has 3 fully saturated rings. The molecule has 3 rings (SSSR count). The van der Waals surface area contributed by atoms with Crippen molar-refractivity contribution in [3.8, 4) is 0 Å². The smallest absolute Gasteiger partial charge is 0.326 e. The third kappa shape index (κ3) is 15.5. The van der Waals surface area contributed by atoms with Crippen molar-refractivity contribution >= 4 is 53.4 Å². The van der Waals surface area contributed by atoms with Gasteiger partial charge in [0.25, 0.3) is 0 Å². The molecular weight excluding hydrogens is 886 g/mol. The highest BCUT2D eigenvalue weighted by atomic mass is 16.8. The summed E-state index contributed by atoms with van der Waals surface area (Å²) in [5.74, 6) is -9.75. The van der Waals surface area contributed by atoms with Gasteiger partial charge >= 0.3 is 17.9 Å². The second-order valence-electron chi connectivity index (χ2n) is 16.6. The van der Waals surface area contributed by atoms with Gasteiger partial charge in [-0.05, 0) is 45.4 Å². The Kier molecular flexibility index (Phi) is 21.0. The largest absolute Gasteiger partial charge is 0.480 e. The summed E-state index contributed by atoms with van der Waals surface area (Å²) in [4.78, 5) is 112. The lowest BCUT2D eigenvalue weighted by Crippen LogP contribution is -2.68. The van der Waals surface area contributed by atoms with Gasteiger partial charge in [0.05, 0.1) is 13.2 Å². The molecule has 0 aromatic carbocycles. The van der Waals surface area contributed by atoms with Crippen molar-refractivity contribution in [3.05, 3.63) is 0 Å². The number of nitrogens with two attached hydrogens (primary N) is 1. The predicted octanol–water partition coefficient (Wildman–Crippen LogP) is -5.50. The number of fused-ring (bicyclic) bond motifs is 2. The summed E-state index contributed by atoms with van der Waals surface area (Å²) in [5.41, 5.74) is 5.52. The molecular formula is C39H63N7O20. The Hall–Kier alpha value is -5.13. The van der Waals surface area contributed by atoms with Gasteiger partial charge in [0.2, 0.25) is 35.4 Å². The quantitative estimate of drug-likeness (QED) is 0.0406. The highest BCUT2D eigenvalue weighted by Crippen LogP contribution is 2.35. The Bertz CT molecular complexity index is 1760. The second kappa shape index (κ2) is 25.1. The predicted molar refractivity (Wildman–Crippen MR) is 219 cm³/mol. The molecule has 16 atom stereocenters. The van der Waals surface area contributed by atoms with E-state index in [0.29, 0.717) is 0 Å². The molecule has 0 aromatic heterocycles. The van der Waals surface area contributed by atoms with E-state index in [1.165, 1.54) is 20.8 Å². The number of carbonyl (C=O) groups excluding carboxylic acids is 6. The minimum atomic E-state index is -1.70. The van der Waals surface area contributed by atoms with Gasteiger partial charge in [0, 0.05) is 20.3 Å². The number of rotatable bonds is 25. The molecule has 0 saturated carbocycles. The number of amides is 6. The molecule has 14 N–H and O–H groups in total. The lowest BCUT2D eigenvalue weighted by molar-refractivity contribution is -0.313. The van der Waals surface area contributed by atoms with Crippen molar-refractivity contribution < 1.29 is 97.5 Å². The third-order valence-corrected chi connectivity index (χ3v) is 10.9. The van der Waals surface area contributed by atoms with Crippen LogP contribution >= 0.6 is 0 Å². The maximum Gasteiger partial charge on any atom is 0.326 e. The van der Waals surface area contributed by atoms with E-state index >= 15 is 0 Å².